The second kappa shape index (κ2) is 2.25. The van der Waals surface area contributed by atoms with Crippen LogP contribution in [0.4, 0.5) is 5.82 Å². The van der Waals surface area contributed by atoms with Gasteiger partial charge < -0.3 is 10.4 Å². The third kappa shape index (κ3) is 0.929. The van der Waals surface area contributed by atoms with Crippen LogP contribution in [0.5, 0.6) is 0 Å². The highest BCUT2D eigenvalue weighted by Gasteiger charge is 1.96. The topological polar surface area (TPSA) is 66.7 Å². The standard InChI is InChI=1S/C7H8N4/c8-11-7-3-5-1-2-9-4-6(5)10-7/h1-4,10-11H,8H2. The number of pyridine rings is 1. The van der Waals surface area contributed by atoms with E-state index in [4.69, 9.17) is 5.84 Å². The Kier molecular flexibility index (Phi) is 1.26. The van der Waals surface area contributed by atoms with Crippen molar-refractivity contribution in [2.75, 3.05) is 5.43 Å². The summed E-state index contributed by atoms with van der Waals surface area (Å²) in [6.45, 7) is 0. The van der Waals surface area contributed by atoms with Crippen LogP contribution in [-0.2, 0) is 0 Å². The fourth-order valence-electron chi connectivity index (χ4n) is 1.05. The normalized spacial score (nSPS) is 10.3. The van der Waals surface area contributed by atoms with E-state index in [9.17, 15) is 0 Å². The zero-order valence-corrected chi connectivity index (χ0v) is 5.83. The maximum absolute atomic E-state index is 5.21. The van der Waals surface area contributed by atoms with E-state index in [1.807, 2.05) is 12.1 Å². The van der Waals surface area contributed by atoms with E-state index in [0.29, 0.717) is 0 Å². The number of nitrogen functional groups attached to an aromatic ring is 1. The molecule has 4 nitrogen and oxygen atoms in total. The summed E-state index contributed by atoms with van der Waals surface area (Å²) < 4.78 is 0. The molecule has 0 fully saturated rings. The predicted octanol–water partition coefficient (Wildman–Crippen LogP) is 0.849. The number of anilines is 1. The van der Waals surface area contributed by atoms with Crippen molar-refractivity contribution in [2.24, 2.45) is 5.84 Å². The van der Waals surface area contributed by atoms with E-state index in [2.05, 4.69) is 15.4 Å². The maximum Gasteiger partial charge on any atom is 0.118 e. The molecule has 0 atom stereocenters. The molecule has 0 aliphatic carbocycles. The van der Waals surface area contributed by atoms with Crippen molar-refractivity contribution < 1.29 is 0 Å². The molecule has 0 bridgehead atoms. The molecule has 2 rings (SSSR count). The first-order valence-electron chi connectivity index (χ1n) is 3.29. The molecule has 0 saturated carbocycles. The van der Waals surface area contributed by atoms with Gasteiger partial charge in [-0.25, -0.2) is 5.84 Å². The molecule has 0 unspecified atom stereocenters. The van der Waals surface area contributed by atoms with Crippen molar-refractivity contribution in [3.8, 4) is 0 Å². The van der Waals surface area contributed by atoms with E-state index < -0.39 is 0 Å². The Balaban J connectivity index is 2.69. The van der Waals surface area contributed by atoms with Crippen LogP contribution in [0.2, 0.25) is 0 Å². The zero-order valence-electron chi connectivity index (χ0n) is 5.83. The van der Waals surface area contributed by atoms with Crippen molar-refractivity contribution in [1.82, 2.24) is 9.97 Å². The molecule has 2 heterocycles. The molecule has 0 aromatic carbocycles. The maximum atomic E-state index is 5.21. The molecule has 2 aromatic heterocycles. The third-order valence-electron chi connectivity index (χ3n) is 1.58. The summed E-state index contributed by atoms with van der Waals surface area (Å²) in [6, 6.07) is 3.85. The lowest BCUT2D eigenvalue weighted by Crippen LogP contribution is -2.06. The Morgan fingerprint density at radius 1 is 1.55 bits per heavy atom. The lowest BCUT2D eigenvalue weighted by atomic mass is 10.3. The molecule has 0 aliphatic heterocycles. The first-order chi connectivity index (χ1) is 5.40. The van der Waals surface area contributed by atoms with Gasteiger partial charge in [-0.2, -0.15) is 0 Å². The highest BCUT2D eigenvalue weighted by molar-refractivity contribution is 5.82. The second-order valence-corrected chi connectivity index (χ2v) is 2.29. The van der Waals surface area contributed by atoms with E-state index in [1.54, 1.807) is 12.4 Å². The number of hydrazine groups is 1. The van der Waals surface area contributed by atoms with Crippen molar-refractivity contribution in [1.29, 1.82) is 0 Å². The Hall–Kier alpha value is -1.55. The summed E-state index contributed by atoms with van der Waals surface area (Å²) in [5.74, 6) is 6.01. The van der Waals surface area contributed by atoms with Crippen LogP contribution in [0, 0.1) is 0 Å². The summed E-state index contributed by atoms with van der Waals surface area (Å²) in [6.07, 6.45) is 3.51. The summed E-state index contributed by atoms with van der Waals surface area (Å²) in [5.41, 5.74) is 3.52. The van der Waals surface area contributed by atoms with Gasteiger partial charge in [0.15, 0.2) is 0 Å². The Morgan fingerprint density at radius 3 is 3.18 bits per heavy atom. The molecular formula is C7H8N4. The molecular weight excluding hydrogens is 140 g/mol. The zero-order chi connectivity index (χ0) is 7.68. The second-order valence-electron chi connectivity index (χ2n) is 2.29. The van der Waals surface area contributed by atoms with Crippen molar-refractivity contribution in [2.45, 2.75) is 0 Å². The van der Waals surface area contributed by atoms with Crippen LogP contribution in [0.3, 0.4) is 0 Å². The summed E-state index contributed by atoms with van der Waals surface area (Å²) in [4.78, 5) is 7.01. The first-order valence-corrected chi connectivity index (χ1v) is 3.29. The van der Waals surface area contributed by atoms with Gasteiger partial charge in [-0.05, 0) is 12.1 Å². The Bertz CT molecular complexity index is 332. The summed E-state index contributed by atoms with van der Waals surface area (Å²) in [5, 5.41) is 1.10. The van der Waals surface area contributed by atoms with Crippen molar-refractivity contribution in [3.63, 3.8) is 0 Å². The highest BCUT2D eigenvalue weighted by atomic mass is 15.2. The molecule has 2 aromatic rings. The predicted molar refractivity (Wildman–Crippen MR) is 43.9 cm³/mol. The van der Waals surface area contributed by atoms with E-state index in [-0.39, 0.29) is 0 Å². The quantitative estimate of drug-likeness (QED) is 0.415. The molecule has 0 amide bonds. The summed E-state index contributed by atoms with van der Waals surface area (Å²) >= 11 is 0. The van der Waals surface area contributed by atoms with E-state index >= 15 is 0 Å². The molecule has 56 valence electrons. The first kappa shape index (κ1) is 6.18. The van der Waals surface area contributed by atoms with Gasteiger partial charge in [0.25, 0.3) is 0 Å². The molecule has 4 N–H and O–H groups in total. The van der Waals surface area contributed by atoms with Gasteiger partial charge in [-0.1, -0.05) is 0 Å². The average molecular weight is 148 g/mol. The molecule has 0 aliphatic rings. The van der Waals surface area contributed by atoms with Crippen LogP contribution in [0.15, 0.2) is 24.5 Å². The van der Waals surface area contributed by atoms with Crippen LogP contribution in [0.25, 0.3) is 10.9 Å². The highest BCUT2D eigenvalue weighted by Crippen LogP contribution is 2.15. The number of aromatic nitrogens is 2. The number of hydrogen-bond acceptors (Lipinski definition) is 3. The number of nitrogens with one attached hydrogen (secondary N) is 2. The lowest BCUT2D eigenvalue weighted by Gasteiger charge is -1.88. The van der Waals surface area contributed by atoms with Crippen LogP contribution >= 0.6 is 0 Å². The lowest BCUT2D eigenvalue weighted by molar-refractivity contribution is 1.28. The molecule has 11 heavy (non-hydrogen) atoms. The fraction of sp³-hybridized carbons (Fsp3) is 0. The van der Waals surface area contributed by atoms with Crippen molar-refractivity contribution >= 4 is 16.7 Å². The van der Waals surface area contributed by atoms with Gasteiger partial charge in [0.1, 0.15) is 5.82 Å². The van der Waals surface area contributed by atoms with Gasteiger partial charge >= 0.3 is 0 Å². The van der Waals surface area contributed by atoms with Gasteiger partial charge in [-0.3, -0.25) is 4.98 Å². The molecule has 0 radical (unpaired) electrons. The largest absolute Gasteiger partial charge is 0.339 e. The van der Waals surface area contributed by atoms with Crippen LogP contribution in [-0.4, -0.2) is 9.97 Å². The number of fused-ring (bicyclic) bond motifs is 1. The average Bonchev–Trinajstić information content (AvgIpc) is 2.46. The number of H-pyrrole nitrogens is 1. The summed E-state index contributed by atoms with van der Waals surface area (Å²) in [7, 11) is 0. The number of hydrogen-bond donors (Lipinski definition) is 3. The number of rotatable bonds is 1. The van der Waals surface area contributed by atoms with Gasteiger partial charge in [-0.15, -0.1) is 0 Å². The number of nitrogens with two attached hydrogens (primary N) is 1. The number of nitrogens with zero attached hydrogens (tertiary/aromatic N) is 1. The Morgan fingerprint density at radius 2 is 2.45 bits per heavy atom. The van der Waals surface area contributed by atoms with Gasteiger partial charge in [0.2, 0.25) is 0 Å². The van der Waals surface area contributed by atoms with E-state index in [1.165, 1.54) is 0 Å². The van der Waals surface area contributed by atoms with Crippen molar-refractivity contribution in [3.05, 3.63) is 24.5 Å². The fourth-order valence-corrected chi connectivity index (χ4v) is 1.05. The molecule has 0 spiro atoms. The molecule has 0 saturated heterocycles. The Labute approximate surface area is 63.4 Å². The SMILES string of the molecule is NNc1cc2ccncc2[nH]1. The minimum Gasteiger partial charge on any atom is -0.339 e. The molecule has 4 heteroatoms. The number of aromatic amines is 1. The van der Waals surface area contributed by atoms with Crippen LogP contribution in [0.1, 0.15) is 0 Å². The smallest absolute Gasteiger partial charge is 0.118 e. The van der Waals surface area contributed by atoms with E-state index in [0.717, 1.165) is 16.7 Å². The minimum atomic E-state index is 0.799. The van der Waals surface area contributed by atoms with Gasteiger partial charge in [0.05, 0.1) is 11.7 Å². The minimum absolute atomic E-state index is 0.799. The monoisotopic (exact) mass is 148 g/mol. The van der Waals surface area contributed by atoms with Crippen LogP contribution < -0.4 is 11.3 Å². The third-order valence-corrected chi connectivity index (χ3v) is 1.58. The van der Waals surface area contributed by atoms with Gasteiger partial charge in [0, 0.05) is 11.6 Å².